The van der Waals surface area contributed by atoms with Gasteiger partial charge in [-0.05, 0) is 6.54 Å². The lowest BCUT2D eigenvalue weighted by atomic mass is 10.3. The molecule has 106 valence electrons. The molecule has 0 spiro atoms. The van der Waals surface area contributed by atoms with Crippen molar-refractivity contribution in [3.05, 3.63) is 0 Å². The van der Waals surface area contributed by atoms with E-state index in [2.05, 4.69) is 11.4 Å². The molecule has 0 aliphatic carbocycles. The van der Waals surface area contributed by atoms with Crippen LogP contribution in [-0.2, 0) is 18.9 Å². The molecule has 0 saturated carbocycles. The molecule has 1 unspecified atom stereocenters. The van der Waals surface area contributed by atoms with Gasteiger partial charge in [-0.3, -0.25) is 0 Å². The monoisotopic (exact) mass is 260 g/mol. The molecule has 6 heteroatoms. The topological polar surface area (TPSA) is 72.7 Å². The van der Waals surface area contributed by atoms with Gasteiger partial charge in [0.1, 0.15) is 6.04 Å². The van der Waals surface area contributed by atoms with E-state index < -0.39 is 0 Å². The largest absolute Gasteiger partial charge is 0.382 e. The third-order valence-corrected chi connectivity index (χ3v) is 2.07. The van der Waals surface area contributed by atoms with E-state index in [9.17, 15) is 0 Å². The van der Waals surface area contributed by atoms with Crippen LogP contribution in [0.2, 0.25) is 0 Å². The second kappa shape index (κ2) is 14.4. The zero-order chi connectivity index (χ0) is 13.5. The van der Waals surface area contributed by atoms with Gasteiger partial charge in [-0.25, -0.2) is 0 Å². The third kappa shape index (κ3) is 11.8. The Labute approximate surface area is 109 Å². The SMILES string of the molecule is CCNC(C#N)COCCOCCOCCOC. The van der Waals surface area contributed by atoms with Crippen molar-refractivity contribution in [3.8, 4) is 6.07 Å². The Balaban J connectivity index is 3.13. The number of ether oxygens (including phenoxy) is 4. The normalized spacial score (nSPS) is 12.3. The minimum atomic E-state index is -0.243. The van der Waals surface area contributed by atoms with Crippen molar-refractivity contribution in [2.24, 2.45) is 0 Å². The minimum absolute atomic E-state index is 0.243. The Morgan fingerprint density at radius 2 is 1.56 bits per heavy atom. The number of hydrogen-bond acceptors (Lipinski definition) is 6. The Morgan fingerprint density at radius 1 is 1.00 bits per heavy atom. The molecule has 0 rings (SSSR count). The quantitative estimate of drug-likeness (QED) is 0.476. The minimum Gasteiger partial charge on any atom is -0.382 e. The molecule has 0 aliphatic heterocycles. The number of nitrogens with zero attached hydrogens (tertiary/aromatic N) is 1. The van der Waals surface area contributed by atoms with E-state index in [1.54, 1.807) is 7.11 Å². The summed E-state index contributed by atoms with van der Waals surface area (Å²) in [5.74, 6) is 0. The predicted molar refractivity (Wildman–Crippen MR) is 67.4 cm³/mol. The van der Waals surface area contributed by atoms with Crippen molar-refractivity contribution in [1.29, 1.82) is 5.26 Å². The van der Waals surface area contributed by atoms with Gasteiger partial charge in [0.15, 0.2) is 0 Å². The lowest BCUT2D eigenvalue weighted by molar-refractivity contribution is 0.00249. The molecule has 0 fully saturated rings. The van der Waals surface area contributed by atoms with Crippen LogP contribution in [0.1, 0.15) is 6.92 Å². The Bertz CT molecular complexity index is 209. The molecule has 0 aromatic carbocycles. The maximum absolute atomic E-state index is 8.75. The summed E-state index contributed by atoms with van der Waals surface area (Å²) in [4.78, 5) is 0. The van der Waals surface area contributed by atoms with E-state index in [0.29, 0.717) is 46.2 Å². The van der Waals surface area contributed by atoms with Gasteiger partial charge in [-0.1, -0.05) is 6.92 Å². The summed E-state index contributed by atoms with van der Waals surface area (Å²) in [6, 6.07) is 1.88. The average molecular weight is 260 g/mol. The molecule has 0 aromatic rings. The van der Waals surface area contributed by atoms with Gasteiger partial charge in [-0.15, -0.1) is 0 Å². The van der Waals surface area contributed by atoms with E-state index in [4.69, 9.17) is 24.2 Å². The molecule has 1 atom stereocenters. The average Bonchev–Trinajstić information content (AvgIpc) is 2.39. The van der Waals surface area contributed by atoms with Crippen LogP contribution in [0.4, 0.5) is 0 Å². The fourth-order valence-corrected chi connectivity index (χ4v) is 1.17. The van der Waals surface area contributed by atoms with Gasteiger partial charge >= 0.3 is 0 Å². The van der Waals surface area contributed by atoms with Crippen LogP contribution in [0.3, 0.4) is 0 Å². The molecular formula is C12H24N2O4. The molecule has 0 saturated heterocycles. The van der Waals surface area contributed by atoms with Crippen LogP contribution >= 0.6 is 0 Å². The number of nitriles is 1. The maximum atomic E-state index is 8.75. The molecule has 6 nitrogen and oxygen atoms in total. The number of methoxy groups -OCH3 is 1. The summed E-state index contributed by atoms with van der Waals surface area (Å²) < 4.78 is 20.7. The molecule has 1 N–H and O–H groups in total. The highest BCUT2D eigenvalue weighted by Crippen LogP contribution is 1.86. The van der Waals surface area contributed by atoms with Gasteiger partial charge in [0.25, 0.3) is 0 Å². The predicted octanol–water partition coefficient (Wildman–Crippen LogP) is 0.184. The molecular weight excluding hydrogens is 236 g/mol. The van der Waals surface area contributed by atoms with Gasteiger partial charge in [0, 0.05) is 7.11 Å². The molecule has 0 aromatic heterocycles. The highest BCUT2D eigenvalue weighted by atomic mass is 16.6. The van der Waals surface area contributed by atoms with Crippen molar-refractivity contribution >= 4 is 0 Å². The highest BCUT2D eigenvalue weighted by molar-refractivity contribution is 4.88. The van der Waals surface area contributed by atoms with Gasteiger partial charge < -0.3 is 24.3 Å². The molecule has 0 heterocycles. The van der Waals surface area contributed by atoms with Crippen LogP contribution < -0.4 is 5.32 Å². The van der Waals surface area contributed by atoms with Crippen LogP contribution in [-0.4, -0.2) is 65.9 Å². The van der Waals surface area contributed by atoms with Crippen molar-refractivity contribution in [3.63, 3.8) is 0 Å². The standard InChI is InChI=1S/C12H24N2O4/c1-3-14-12(10-13)11-18-9-8-17-7-6-16-5-4-15-2/h12,14H,3-9,11H2,1-2H3. The summed E-state index contributed by atoms with van der Waals surface area (Å²) in [5.41, 5.74) is 0. The van der Waals surface area contributed by atoms with Crippen molar-refractivity contribution in [2.45, 2.75) is 13.0 Å². The Hall–Kier alpha value is -0.710. The van der Waals surface area contributed by atoms with Crippen LogP contribution in [0, 0.1) is 11.3 Å². The summed E-state index contributed by atoms with van der Waals surface area (Å²) in [6.45, 7) is 6.39. The maximum Gasteiger partial charge on any atom is 0.119 e. The number of hydrogen-bond donors (Lipinski definition) is 1. The van der Waals surface area contributed by atoms with E-state index in [1.807, 2.05) is 6.92 Å². The lowest BCUT2D eigenvalue weighted by Crippen LogP contribution is -2.32. The number of nitrogens with one attached hydrogen (secondary N) is 1. The second-order valence-corrected chi connectivity index (χ2v) is 3.53. The molecule has 0 bridgehead atoms. The highest BCUT2D eigenvalue weighted by Gasteiger charge is 2.04. The van der Waals surface area contributed by atoms with E-state index in [-0.39, 0.29) is 6.04 Å². The summed E-state index contributed by atoms with van der Waals surface area (Å²) in [7, 11) is 1.64. The fourth-order valence-electron chi connectivity index (χ4n) is 1.17. The van der Waals surface area contributed by atoms with Crippen molar-refractivity contribution in [1.82, 2.24) is 5.32 Å². The summed E-state index contributed by atoms with van der Waals surface area (Å²) in [6.07, 6.45) is 0. The van der Waals surface area contributed by atoms with E-state index in [0.717, 1.165) is 6.54 Å². The van der Waals surface area contributed by atoms with Gasteiger partial charge in [0.2, 0.25) is 0 Å². The fraction of sp³-hybridized carbons (Fsp3) is 0.917. The lowest BCUT2D eigenvalue weighted by Gasteiger charge is -2.10. The van der Waals surface area contributed by atoms with E-state index >= 15 is 0 Å². The van der Waals surface area contributed by atoms with E-state index in [1.165, 1.54) is 0 Å². The molecule has 18 heavy (non-hydrogen) atoms. The third-order valence-electron chi connectivity index (χ3n) is 2.07. The summed E-state index contributed by atoms with van der Waals surface area (Å²) in [5, 5.41) is 11.8. The number of rotatable bonds is 13. The van der Waals surface area contributed by atoms with Crippen molar-refractivity contribution < 1.29 is 18.9 Å². The molecule has 0 amide bonds. The Morgan fingerprint density at radius 3 is 2.06 bits per heavy atom. The van der Waals surface area contributed by atoms with Crippen molar-refractivity contribution in [2.75, 3.05) is 59.9 Å². The molecule has 0 aliphatic rings. The van der Waals surface area contributed by atoms with Crippen LogP contribution in [0.25, 0.3) is 0 Å². The molecule has 0 radical (unpaired) electrons. The first-order valence-electron chi connectivity index (χ1n) is 6.20. The zero-order valence-electron chi connectivity index (χ0n) is 11.3. The second-order valence-electron chi connectivity index (χ2n) is 3.53. The number of likely N-dealkylation sites (N-methyl/N-ethyl adjacent to an activating group) is 1. The first-order valence-corrected chi connectivity index (χ1v) is 6.20. The first kappa shape index (κ1) is 17.3. The Kier molecular flexibility index (Phi) is 13.8. The first-order chi connectivity index (χ1) is 8.85. The van der Waals surface area contributed by atoms with Crippen LogP contribution in [0.15, 0.2) is 0 Å². The zero-order valence-corrected chi connectivity index (χ0v) is 11.3. The van der Waals surface area contributed by atoms with Gasteiger partial charge in [0.05, 0.1) is 52.3 Å². The smallest absolute Gasteiger partial charge is 0.119 e. The van der Waals surface area contributed by atoms with Gasteiger partial charge in [-0.2, -0.15) is 5.26 Å². The van der Waals surface area contributed by atoms with Crippen LogP contribution in [0.5, 0.6) is 0 Å². The summed E-state index contributed by atoms with van der Waals surface area (Å²) >= 11 is 0.